The average molecular weight is 311 g/mol. The molecule has 120 valence electrons. The molecule has 0 unspecified atom stereocenters. The second kappa shape index (κ2) is 8.08. The first-order valence-corrected chi connectivity index (χ1v) is 7.69. The maximum Gasteiger partial charge on any atom is 0.270 e. The summed E-state index contributed by atoms with van der Waals surface area (Å²) in [6, 6.07) is 12.6. The van der Waals surface area contributed by atoms with Crippen LogP contribution in [0.25, 0.3) is 0 Å². The molecule has 5 heteroatoms. The molecule has 0 saturated carbocycles. The Morgan fingerprint density at radius 3 is 2.65 bits per heavy atom. The molecule has 0 radical (unpaired) electrons. The maximum absolute atomic E-state index is 12.1. The summed E-state index contributed by atoms with van der Waals surface area (Å²) in [6.45, 7) is 4.34. The maximum atomic E-state index is 12.1. The van der Waals surface area contributed by atoms with E-state index in [1.54, 1.807) is 36.5 Å². The van der Waals surface area contributed by atoms with E-state index in [0.717, 1.165) is 12.0 Å². The zero-order chi connectivity index (χ0) is 16.7. The zero-order valence-corrected chi connectivity index (χ0v) is 13.4. The van der Waals surface area contributed by atoms with Gasteiger partial charge < -0.3 is 10.6 Å². The predicted octanol–water partition coefficient (Wildman–Crippen LogP) is 2.54. The first-order chi connectivity index (χ1) is 11.1. The lowest BCUT2D eigenvalue weighted by Gasteiger charge is -2.12. The van der Waals surface area contributed by atoms with Gasteiger partial charge in [0.05, 0.1) is 0 Å². The van der Waals surface area contributed by atoms with Crippen LogP contribution in [0.15, 0.2) is 48.7 Å². The Bertz CT molecular complexity index is 671. The number of amides is 2. The molecule has 1 aromatic carbocycles. The highest BCUT2D eigenvalue weighted by Gasteiger charge is 2.10. The number of pyridine rings is 1. The molecular formula is C18H21N3O2. The second-order valence-corrected chi connectivity index (χ2v) is 5.38. The van der Waals surface area contributed by atoms with Crippen LogP contribution in [0.3, 0.4) is 0 Å². The topological polar surface area (TPSA) is 71.1 Å². The van der Waals surface area contributed by atoms with E-state index in [9.17, 15) is 9.59 Å². The molecular weight excluding hydrogens is 290 g/mol. The lowest BCUT2D eigenvalue weighted by Crippen LogP contribution is -2.32. The van der Waals surface area contributed by atoms with Gasteiger partial charge in [-0.2, -0.15) is 0 Å². The molecule has 1 atom stereocenters. The molecule has 23 heavy (non-hydrogen) atoms. The molecule has 1 aromatic heterocycles. The molecule has 0 aliphatic heterocycles. The van der Waals surface area contributed by atoms with Gasteiger partial charge in [-0.15, -0.1) is 0 Å². The third-order valence-corrected chi connectivity index (χ3v) is 3.53. The summed E-state index contributed by atoms with van der Waals surface area (Å²) in [5, 5.41) is 5.73. The van der Waals surface area contributed by atoms with E-state index >= 15 is 0 Å². The number of carbonyl (C=O) groups excluding carboxylic acids is 2. The molecule has 2 aromatic rings. The van der Waals surface area contributed by atoms with E-state index < -0.39 is 0 Å². The Kier molecular flexibility index (Phi) is 5.86. The van der Waals surface area contributed by atoms with Gasteiger partial charge in [0.1, 0.15) is 5.69 Å². The van der Waals surface area contributed by atoms with Gasteiger partial charge in [-0.3, -0.25) is 14.6 Å². The second-order valence-electron chi connectivity index (χ2n) is 5.38. The van der Waals surface area contributed by atoms with Crippen molar-refractivity contribution < 1.29 is 9.59 Å². The number of nitrogens with zero attached hydrogens (tertiary/aromatic N) is 1. The highest BCUT2D eigenvalue weighted by Crippen LogP contribution is 2.06. The minimum Gasteiger partial charge on any atom is -0.350 e. The Morgan fingerprint density at radius 1 is 1.13 bits per heavy atom. The van der Waals surface area contributed by atoms with Crippen LogP contribution in [-0.2, 0) is 6.54 Å². The highest BCUT2D eigenvalue weighted by atomic mass is 16.2. The van der Waals surface area contributed by atoms with Crippen molar-refractivity contribution in [2.24, 2.45) is 0 Å². The van der Waals surface area contributed by atoms with Crippen molar-refractivity contribution in [2.75, 3.05) is 0 Å². The van der Waals surface area contributed by atoms with E-state index in [1.807, 2.05) is 26.0 Å². The fraction of sp³-hybridized carbons (Fsp3) is 0.278. The minimum atomic E-state index is -0.236. The SMILES string of the molecule is CC[C@@H](C)NC(=O)c1cccc(CNC(=O)c2ccccn2)c1. The van der Waals surface area contributed by atoms with Crippen molar-refractivity contribution >= 4 is 11.8 Å². The molecule has 0 aliphatic rings. The normalized spacial score (nSPS) is 11.6. The predicted molar refractivity (Wildman–Crippen MR) is 89.1 cm³/mol. The first-order valence-electron chi connectivity index (χ1n) is 7.69. The number of nitrogens with one attached hydrogen (secondary N) is 2. The molecule has 0 bridgehead atoms. The van der Waals surface area contributed by atoms with Crippen LogP contribution >= 0.6 is 0 Å². The lowest BCUT2D eigenvalue weighted by atomic mass is 10.1. The molecule has 5 nitrogen and oxygen atoms in total. The van der Waals surface area contributed by atoms with E-state index in [-0.39, 0.29) is 17.9 Å². The Labute approximate surface area is 136 Å². The van der Waals surface area contributed by atoms with Crippen molar-refractivity contribution in [1.82, 2.24) is 15.6 Å². The monoisotopic (exact) mass is 311 g/mol. The van der Waals surface area contributed by atoms with Crippen LogP contribution in [0.4, 0.5) is 0 Å². The number of carbonyl (C=O) groups is 2. The summed E-state index contributed by atoms with van der Waals surface area (Å²) in [6.07, 6.45) is 2.46. The molecule has 0 fully saturated rings. The number of hydrogen-bond donors (Lipinski definition) is 2. The standard InChI is InChI=1S/C18H21N3O2/c1-3-13(2)21-17(22)15-8-6-7-14(11-15)12-20-18(23)16-9-4-5-10-19-16/h4-11,13H,3,12H2,1-2H3,(H,20,23)(H,21,22)/t13-/m1/s1. The number of aromatic nitrogens is 1. The van der Waals surface area contributed by atoms with Crippen LogP contribution in [0.5, 0.6) is 0 Å². The molecule has 0 spiro atoms. The van der Waals surface area contributed by atoms with Gasteiger partial charge >= 0.3 is 0 Å². The molecule has 0 saturated heterocycles. The summed E-state index contributed by atoms with van der Waals surface area (Å²) in [5.74, 6) is -0.336. The Balaban J connectivity index is 1.97. The summed E-state index contributed by atoms with van der Waals surface area (Å²) in [5.41, 5.74) is 1.83. The van der Waals surface area contributed by atoms with Crippen molar-refractivity contribution in [3.05, 3.63) is 65.5 Å². The van der Waals surface area contributed by atoms with Gasteiger partial charge in [0, 0.05) is 24.3 Å². The summed E-state index contributed by atoms with van der Waals surface area (Å²) >= 11 is 0. The van der Waals surface area contributed by atoms with E-state index in [4.69, 9.17) is 0 Å². The Hall–Kier alpha value is -2.69. The fourth-order valence-corrected chi connectivity index (χ4v) is 2.00. The van der Waals surface area contributed by atoms with E-state index in [1.165, 1.54) is 0 Å². The number of hydrogen-bond acceptors (Lipinski definition) is 3. The van der Waals surface area contributed by atoms with Gasteiger partial charge in [-0.05, 0) is 43.2 Å². The van der Waals surface area contributed by atoms with Gasteiger partial charge in [-0.1, -0.05) is 25.1 Å². The van der Waals surface area contributed by atoms with Crippen LogP contribution in [0.1, 0.15) is 46.7 Å². The van der Waals surface area contributed by atoms with Gasteiger partial charge in [0.25, 0.3) is 11.8 Å². The number of rotatable bonds is 6. The van der Waals surface area contributed by atoms with Crippen molar-refractivity contribution in [1.29, 1.82) is 0 Å². The first kappa shape index (κ1) is 16.7. The molecule has 2 amide bonds. The molecule has 0 aliphatic carbocycles. The third kappa shape index (κ3) is 4.92. The van der Waals surface area contributed by atoms with Crippen LogP contribution in [0, 0.1) is 0 Å². The Morgan fingerprint density at radius 2 is 1.96 bits per heavy atom. The third-order valence-electron chi connectivity index (χ3n) is 3.53. The van der Waals surface area contributed by atoms with Crippen molar-refractivity contribution in [3.63, 3.8) is 0 Å². The van der Waals surface area contributed by atoms with Crippen LogP contribution in [-0.4, -0.2) is 22.8 Å². The average Bonchev–Trinajstić information content (AvgIpc) is 2.60. The van der Waals surface area contributed by atoms with Gasteiger partial charge in [0.15, 0.2) is 0 Å². The molecule has 1 heterocycles. The minimum absolute atomic E-state index is 0.0998. The zero-order valence-electron chi connectivity index (χ0n) is 13.4. The van der Waals surface area contributed by atoms with Gasteiger partial charge in [-0.25, -0.2) is 0 Å². The van der Waals surface area contributed by atoms with Crippen LogP contribution in [0.2, 0.25) is 0 Å². The highest BCUT2D eigenvalue weighted by molar-refractivity contribution is 5.94. The largest absolute Gasteiger partial charge is 0.350 e. The lowest BCUT2D eigenvalue weighted by molar-refractivity contribution is 0.0935. The molecule has 2 N–H and O–H groups in total. The number of benzene rings is 1. The summed E-state index contributed by atoms with van der Waals surface area (Å²) < 4.78 is 0. The van der Waals surface area contributed by atoms with E-state index in [0.29, 0.717) is 17.8 Å². The molecule has 2 rings (SSSR count). The van der Waals surface area contributed by atoms with Crippen LogP contribution < -0.4 is 10.6 Å². The van der Waals surface area contributed by atoms with E-state index in [2.05, 4.69) is 15.6 Å². The quantitative estimate of drug-likeness (QED) is 0.861. The smallest absolute Gasteiger partial charge is 0.270 e. The van der Waals surface area contributed by atoms with Gasteiger partial charge in [0.2, 0.25) is 0 Å². The summed E-state index contributed by atoms with van der Waals surface area (Å²) in [7, 11) is 0. The van der Waals surface area contributed by atoms with Crippen molar-refractivity contribution in [3.8, 4) is 0 Å². The summed E-state index contributed by atoms with van der Waals surface area (Å²) in [4.78, 5) is 28.1. The fourth-order valence-electron chi connectivity index (χ4n) is 2.00. The van der Waals surface area contributed by atoms with Crippen molar-refractivity contribution in [2.45, 2.75) is 32.9 Å².